The van der Waals surface area contributed by atoms with Gasteiger partial charge in [-0.15, -0.1) is 0 Å². The van der Waals surface area contributed by atoms with Crippen LogP contribution in [0, 0.1) is 11.8 Å². The van der Waals surface area contributed by atoms with Crippen molar-refractivity contribution in [3.8, 4) is 0 Å². The molecule has 0 aromatic heterocycles. The van der Waals surface area contributed by atoms with E-state index >= 15 is 0 Å². The van der Waals surface area contributed by atoms with Gasteiger partial charge in [0.2, 0.25) is 0 Å². The molecule has 1 aliphatic rings. The van der Waals surface area contributed by atoms with Crippen LogP contribution in [0.1, 0.15) is 26.7 Å². The maximum absolute atomic E-state index is 12.4. The molecule has 6 heteroatoms. The fraction of sp³-hybridized carbons (Fsp3) is 1.00. The van der Waals surface area contributed by atoms with E-state index in [1.807, 2.05) is 7.05 Å². The second kappa shape index (κ2) is 6.84. The number of rotatable bonds is 6. The van der Waals surface area contributed by atoms with Gasteiger partial charge in [0, 0.05) is 26.7 Å². The van der Waals surface area contributed by atoms with Crippen molar-refractivity contribution in [2.24, 2.45) is 11.8 Å². The summed E-state index contributed by atoms with van der Waals surface area (Å²) in [5.74, 6) is 0.906. The largest absolute Gasteiger partial charge is 0.320 e. The summed E-state index contributed by atoms with van der Waals surface area (Å²) in [5.41, 5.74) is 0. The third kappa shape index (κ3) is 4.19. The quantitative estimate of drug-likeness (QED) is 0.729. The van der Waals surface area contributed by atoms with Crippen LogP contribution in [-0.4, -0.2) is 57.3 Å². The van der Waals surface area contributed by atoms with Gasteiger partial charge in [0.15, 0.2) is 0 Å². The fourth-order valence-corrected chi connectivity index (χ4v) is 4.22. The molecule has 18 heavy (non-hydrogen) atoms. The van der Waals surface area contributed by atoms with E-state index in [9.17, 15) is 8.42 Å². The molecule has 0 saturated carbocycles. The van der Waals surface area contributed by atoms with Gasteiger partial charge in [0.05, 0.1) is 0 Å². The molecular weight excluding hydrogens is 250 g/mol. The van der Waals surface area contributed by atoms with Crippen LogP contribution in [-0.2, 0) is 10.2 Å². The van der Waals surface area contributed by atoms with Crippen LogP contribution in [0.15, 0.2) is 0 Å². The van der Waals surface area contributed by atoms with E-state index < -0.39 is 10.2 Å². The Labute approximate surface area is 112 Å². The Bertz CT molecular complexity index is 335. The molecule has 108 valence electrons. The van der Waals surface area contributed by atoms with Gasteiger partial charge in [0.1, 0.15) is 0 Å². The lowest BCUT2D eigenvalue weighted by Gasteiger charge is -2.36. The lowest BCUT2D eigenvalue weighted by Crippen LogP contribution is -2.48. The molecule has 0 aliphatic carbocycles. The average Bonchev–Trinajstić information content (AvgIpc) is 2.27. The Kier molecular flexibility index (Phi) is 6.04. The summed E-state index contributed by atoms with van der Waals surface area (Å²) in [6.45, 7) is 6.97. The molecule has 0 aromatic rings. The van der Waals surface area contributed by atoms with E-state index in [4.69, 9.17) is 0 Å². The third-order valence-electron chi connectivity index (χ3n) is 3.46. The van der Waals surface area contributed by atoms with Crippen LogP contribution >= 0.6 is 0 Å². The van der Waals surface area contributed by atoms with Crippen LogP contribution in [0.4, 0.5) is 0 Å². The zero-order chi connectivity index (χ0) is 13.8. The number of nitrogens with zero attached hydrogens (tertiary/aromatic N) is 2. The molecule has 1 fully saturated rings. The summed E-state index contributed by atoms with van der Waals surface area (Å²) in [6.07, 6.45) is 1.96. The van der Waals surface area contributed by atoms with Gasteiger partial charge in [-0.25, -0.2) is 0 Å². The Morgan fingerprint density at radius 1 is 1.28 bits per heavy atom. The first-order chi connectivity index (χ1) is 8.37. The maximum atomic E-state index is 12.4. The SMILES string of the molecule is CNCCCN(C)S(=O)(=O)N1CC(C)CC(C)C1. The fourth-order valence-electron chi connectivity index (χ4n) is 2.59. The van der Waals surface area contributed by atoms with Crippen molar-refractivity contribution in [2.45, 2.75) is 26.7 Å². The lowest BCUT2D eigenvalue weighted by molar-refractivity contribution is 0.211. The molecule has 0 amide bonds. The monoisotopic (exact) mass is 277 g/mol. The zero-order valence-corrected chi connectivity index (χ0v) is 12.8. The van der Waals surface area contributed by atoms with E-state index in [-0.39, 0.29) is 0 Å². The highest BCUT2D eigenvalue weighted by molar-refractivity contribution is 7.86. The Hall–Kier alpha value is -0.170. The van der Waals surface area contributed by atoms with Crippen molar-refractivity contribution in [1.82, 2.24) is 13.9 Å². The average molecular weight is 277 g/mol. The highest BCUT2D eigenvalue weighted by Crippen LogP contribution is 2.24. The number of hydrogen-bond acceptors (Lipinski definition) is 3. The van der Waals surface area contributed by atoms with Gasteiger partial charge in [-0.2, -0.15) is 17.0 Å². The molecule has 1 saturated heterocycles. The highest BCUT2D eigenvalue weighted by atomic mass is 32.2. The molecule has 1 aliphatic heterocycles. The van der Waals surface area contributed by atoms with Gasteiger partial charge >= 0.3 is 0 Å². The van der Waals surface area contributed by atoms with Crippen LogP contribution in [0.25, 0.3) is 0 Å². The molecule has 0 bridgehead atoms. The van der Waals surface area contributed by atoms with E-state index in [1.54, 1.807) is 11.4 Å². The van der Waals surface area contributed by atoms with Crippen LogP contribution in [0.5, 0.6) is 0 Å². The van der Waals surface area contributed by atoms with Crippen LogP contribution in [0.3, 0.4) is 0 Å². The predicted octanol–water partition coefficient (Wildman–Crippen LogP) is 0.750. The molecule has 1 heterocycles. The van der Waals surface area contributed by atoms with Crippen molar-refractivity contribution in [1.29, 1.82) is 0 Å². The smallest absolute Gasteiger partial charge is 0.281 e. The van der Waals surface area contributed by atoms with Gasteiger partial charge < -0.3 is 5.32 Å². The second-order valence-corrected chi connectivity index (χ2v) is 7.58. The van der Waals surface area contributed by atoms with E-state index in [0.29, 0.717) is 31.5 Å². The predicted molar refractivity (Wildman–Crippen MR) is 74.6 cm³/mol. The Morgan fingerprint density at radius 2 is 1.83 bits per heavy atom. The summed E-state index contributed by atoms with van der Waals surface area (Å²) in [4.78, 5) is 0. The summed E-state index contributed by atoms with van der Waals surface area (Å²) < 4.78 is 27.9. The first-order valence-corrected chi connectivity index (χ1v) is 8.13. The van der Waals surface area contributed by atoms with Gasteiger partial charge in [0.25, 0.3) is 10.2 Å². The molecule has 2 atom stereocenters. The minimum Gasteiger partial charge on any atom is -0.320 e. The van der Waals surface area contributed by atoms with Gasteiger partial charge in [-0.05, 0) is 38.3 Å². The normalized spacial score (nSPS) is 26.7. The van der Waals surface area contributed by atoms with E-state index in [1.165, 1.54) is 4.31 Å². The Morgan fingerprint density at radius 3 is 2.33 bits per heavy atom. The van der Waals surface area contributed by atoms with Crippen LogP contribution in [0.2, 0.25) is 0 Å². The minimum atomic E-state index is -3.27. The first kappa shape index (κ1) is 15.9. The molecular formula is C12H27N3O2S. The number of nitrogens with one attached hydrogen (secondary N) is 1. The lowest BCUT2D eigenvalue weighted by atomic mass is 9.94. The first-order valence-electron chi connectivity index (χ1n) is 6.74. The molecule has 0 radical (unpaired) electrons. The highest BCUT2D eigenvalue weighted by Gasteiger charge is 2.32. The van der Waals surface area contributed by atoms with Crippen molar-refractivity contribution in [3.63, 3.8) is 0 Å². The summed E-state index contributed by atoms with van der Waals surface area (Å²) in [6, 6.07) is 0. The van der Waals surface area contributed by atoms with Crippen molar-refractivity contribution in [3.05, 3.63) is 0 Å². The molecule has 1 rings (SSSR count). The minimum absolute atomic E-state index is 0.453. The zero-order valence-electron chi connectivity index (χ0n) is 12.0. The van der Waals surface area contributed by atoms with Crippen LogP contribution < -0.4 is 5.32 Å². The summed E-state index contributed by atoms with van der Waals surface area (Å²) in [5, 5.41) is 3.03. The maximum Gasteiger partial charge on any atom is 0.281 e. The van der Waals surface area contributed by atoms with E-state index in [0.717, 1.165) is 19.4 Å². The number of hydrogen-bond donors (Lipinski definition) is 1. The van der Waals surface area contributed by atoms with Gasteiger partial charge in [-0.1, -0.05) is 13.8 Å². The molecule has 0 spiro atoms. The van der Waals surface area contributed by atoms with Crippen molar-refractivity contribution < 1.29 is 8.42 Å². The molecule has 1 N–H and O–H groups in total. The molecule has 2 unspecified atom stereocenters. The van der Waals surface area contributed by atoms with E-state index in [2.05, 4.69) is 19.2 Å². The van der Waals surface area contributed by atoms with Crippen molar-refractivity contribution >= 4 is 10.2 Å². The molecule has 0 aromatic carbocycles. The molecule has 5 nitrogen and oxygen atoms in total. The topological polar surface area (TPSA) is 52.7 Å². The second-order valence-electron chi connectivity index (χ2n) is 5.55. The van der Waals surface area contributed by atoms with Crippen molar-refractivity contribution in [2.75, 3.05) is 40.3 Å². The van der Waals surface area contributed by atoms with Gasteiger partial charge in [-0.3, -0.25) is 0 Å². The third-order valence-corrected chi connectivity index (χ3v) is 5.38. The standard InChI is InChI=1S/C12H27N3O2S/c1-11-8-12(2)10-15(9-11)18(16,17)14(4)7-5-6-13-3/h11-13H,5-10H2,1-4H3. The Balaban J connectivity index is 2.61. The summed E-state index contributed by atoms with van der Waals surface area (Å²) >= 11 is 0. The summed E-state index contributed by atoms with van der Waals surface area (Å²) in [7, 11) is 0.284. The number of piperidine rings is 1.